The molecule has 0 amide bonds. The number of ketones is 4. The number of rotatable bonds is 29. The number of carbonyl (C=O) groups is 4. The summed E-state index contributed by atoms with van der Waals surface area (Å²) in [5.41, 5.74) is -16.3. The van der Waals surface area contributed by atoms with Gasteiger partial charge in [-0.1, -0.05) is 167 Å². The molecule has 13 nitrogen and oxygen atoms in total. The molecule has 4 N–H and O–H groups in total. The summed E-state index contributed by atoms with van der Waals surface area (Å²) in [6, 6.07) is 0. The fourth-order valence-corrected chi connectivity index (χ4v) is 9.85. The van der Waals surface area contributed by atoms with Crippen molar-refractivity contribution >= 4 is 33.3 Å². The number of hydrogen-bond donors (Lipinski definition) is 4. The highest BCUT2D eigenvalue weighted by atomic mass is 32.2. The Morgan fingerprint density at radius 3 is 1.31 bits per heavy atom. The lowest BCUT2D eigenvalue weighted by molar-refractivity contribution is -0.910. The molecule has 1 aliphatic rings. The summed E-state index contributed by atoms with van der Waals surface area (Å²) in [4.78, 5) is 58.1. The molecular formula is C50H93NO12S. The summed E-state index contributed by atoms with van der Waals surface area (Å²) < 4.78 is 41.5. The lowest BCUT2D eigenvalue weighted by atomic mass is 9.51. The molecule has 0 aliphatic carbocycles. The molecule has 0 spiro atoms. The summed E-state index contributed by atoms with van der Waals surface area (Å²) in [6.07, 6.45) is 11.2. The summed E-state index contributed by atoms with van der Waals surface area (Å²) in [5, 5.41) is 51.0. The van der Waals surface area contributed by atoms with E-state index in [4.69, 9.17) is 4.74 Å². The van der Waals surface area contributed by atoms with Crippen LogP contribution >= 0.6 is 0 Å². The smallest absolute Gasteiger partial charge is 0.200 e. The SMILES string of the molecule is CCCCCCCCCCCCCCCC[N+](C)(CCCCC1O[C@H](C(O)C(=O)C(C)(C)C)[C@](O)(C(=O)C(C)(C)C)[C@@](O)(C(=O)C(C)(C)C)[C@]1(O)C(=O)C(C)(C)C)CCCS(=O)(=O)[O-]. The molecule has 64 heavy (non-hydrogen) atoms. The highest BCUT2D eigenvalue weighted by Gasteiger charge is 2.82. The lowest BCUT2D eigenvalue weighted by Crippen LogP contribution is -2.89. The van der Waals surface area contributed by atoms with Crippen LogP contribution in [-0.2, 0) is 34.0 Å². The summed E-state index contributed by atoms with van der Waals surface area (Å²) >= 11 is 0. The van der Waals surface area contributed by atoms with Crippen molar-refractivity contribution in [3.8, 4) is 0 Å². The Hall–Kier alpha value is -1.65. The lowest BCUT2D eigenvalue weighted by Gasteiger charge is -2.62. The van der Waals surface area contributed by atoms with Gasteiger partial charge in [0.15, 0.2) is 34.3 Å². The maximum absolute atomic E-state index is 14.9. The van der Waals surface area contributed by atoms with E-state index in [1.165, 1.54) is 147 Å². The van der Waals surface area contributed by atoms with E-state index in [1.54, 1.807) is 0 Å². The summed E-state index contributed by atoms with van der Waals surface area (Å²) in [6.45, 7) is 21.2. The number of nitrogens with zero attached hydrogens (tertiary/aromatic N) is 1. The molecule has 7 atom stereocenters. The number of aliphatic hydroxyl groups is 4. The van der Waals surface area contributed by atoms with Crippen molar-refractivity contribution in [3.05, 3.63) is 0 Å². The Balaban J connectivity index is 3.54. The van der Waals surface area contributed by atoms with Crippen molar-refractivity contribution in [1.29, 1.82) is 0 Å². The molecule has 14 heteroatoms. The van der Waals surface area contributed by atoms with Crippen LogP contribution in [0.15, 0.2) is 0 Å². The number of Topliss-reactive ketones (excluding diaryl/α,β-unsaturated/α-hetero) is 4. The predicted octanol–water partition coefficient (Wildman–Crippen LogP) is 7.80. The molecule has 1 heterocycles. The van der Waals surface area contributed by atoms with Crippen LogP contribution in [0.4, 0.5) is 0 Å². The highest BCUT2D eigenvalue weighted by Crippen LogP contribution is 2.54. The van der Waals surface area contributed by atoms with Gasteiger partial charge < -0.3 is 34.2 Å². The van der Waals surface area contributed by atoms with E-state index in [1.807, 2.05) is 7.05 Å². The Morgan fingerprint density at radius 1 is 0.578 bits per heavy atom. The molecule has 1 saturated heterocycles. The van der Waals surface area contributed by atoms with Crippen LogP contribution in [0.2, 0.25) is 0 Å². The summed E-state index contributed by atoms with van der Waals surface area (Å²) in [5.74, 6) is -4.92. The van der Waals surface area contributed by atoms with Crippen LogP contribution in [0.25, 0.3) is 0 Å². The van der Waals surface area contributed by atoms with Crippen LogP contribution in [0.1, 0.15) is 206 Å². The van der Waals surface area contributed by atoms with E-state index >= 15 is 0 Å². The van der Waals surface area contributed by atoms with E-state index in [0.717, 1.165) is 25.7 Å². The first-order chi connectivity index (χ1) is 29.0. The van der Waals surface area contributed by atoms with Gasteiger partial charge in [0.25, 0.3) is 0 Å². The van der Waals surface area contributed by atoms with Crippen LogP contribution in [0.5, 0.6) is 0 Å². The average Bonchev–Trinajstić information content (AvgIpc) is 3.16. The van der Waals surface area contributed by atoms with Crippen LogP contribution < -0.4 is 0 Å². The molecule has 0 aromatic carbocycles. The first-order valence-corrected chi connectivity index (χ1v) is 26.0. The zero-order chi connectivity index (χ0) is 49.8. The fraction of sp³-hybridized carbons (Fsp3) is 0.920. The van der Waals surface area contributed by atoms with Gasteiger partial charge in [-0.05, 0) is 32.1 Å². The number of hydrogen-bond acceptors (Lipinski definition) is 12. The topological polar surface area (TPSA) is 216 Å². The van der Waals surface area contributed by atoms with Gasteiger partial charge in [-0.3, -0.25) is 19.2 Å². The normalized spacial score (nSPS) is 25.2. The van der Waals surface area contributed by atoms with E-state index in [-0.39, 0.29) is 19.3 Å². The molecule has 0 radical (unpaired) electrons. The van der Waals surface area contributed by atoms with Gasteiger partial charge >= 0.3 is 0 Å². The van der Waals surface area contributed by atoms with Crippen LogP contribution in [0, 0.1) is 21.7 Å². The Labute approximate surface area is 388 Å². The monoisotopic (exact) mass is 932 g/mol. The zero-order valence-corrected chi connectivity index (χ0v) is 43.5. The van der Waals surface area contributed by atoms with Crippen molar-refractivity contribution < 1.29 is 61.8 Å². The van der Waals surface area contributed by atoms with Gasteiger partial charge in [0.05, 0.1) is 42.9 Å². The standard InChI is InChI=1S/C50H93NO12S/c1-15-16-17-18-19-20-21-22-23-24-25-26-27-29-33-51(14,35-31-36-64(60,61)62)34-30-28-32-37-48(57,41(54)45(5,6)7)50(59,43(56)47(11,12)13)49(58,42(55)46(8,9)10)40(63-37)38(52)39(53)44(2,3)4/h37-38,40,52,57-59H,15-36H2,1-14H3/t37?,38?,40-,48-,49+,50-,51?/m1/s1. The van der Waals surface area contributed by atoms with E-state index in [0.29, 0.717) is 30.5 Å². The van der Waals surface area contributed by atoms with Gasteiger partial charge in [-0.15, -0.1) is 0 Å². The van der Waals surface area contributed by atoms with Crippen molar-refractivity contribution in [2.24, 2.45) is 21.7 Å². The third-order valence-corrected chi connectivity index (χ3v) is 14.0. The third-order valence-electron chi connectivity index (χ3n) is 13.2. The van der Waals surface area contributed by atoms with Crippen molar-refractivity contribution in [2.75, 3.05) is 32.4 Å². The van der Waals surface area contributed by atoms with Crippen molar-refractivity contribution in [3.63, 3.8) is 0 Å². The van der Waals surface area contributed by atoms with Crippen LogP contribution in [-0.4, -0.2) is 129 Å². The highest BCUT2D eigenvalue weighted by molar-refractivity contribution is 7.85. The number of unbranched alkanes of at least 4 members (excludes halogenated alkanes) is 14. The molecule has 3 unspecified atom stereocenters. The average molecular weight is 932 g/mol. The first-order valence-electron chi connectivity index (χ1n) is 24.5. The third kappa shape index (κ3) is 16.0. The predicted molar refractivity (Wildman–Crippen MR) is 251 cm³/mol. The van der Waals surface area contributed by atoms with Crippen molar-refractivity contribution in [1.82, 2.24) is 0 Å². The second kappa shape index (κ2) is 24.1. The summed E-state index contributed by atoms with van der Waals surface area (Å²) in [7, 11) is -2.43. The molecule has 0 saturated carbocycles. The van der Waals surface area contributed by atoms with E-state index in [9.17, 15) is 52.6 Å². The molecule has 0 aromatic rings. The van der Waals surface area contributed by atoms with Gasteiger partial charge in [-0.2, -0.15) is 0 Å². The maximum Gasteiger partial charge on any atom is 0.200 e. The van der Waals surface area contributed by atoms with E-state index in [2.05, 4.69) is 6.92 Å². The Kier molecular flexibility index (Phi) is 22.7. The fourth-order valence-electron chi connectivity index (χ4n) is 9.37. The second-order valence-corrected chi connectivity index (χ2v) is 25.1. The minimum atomic E-state index is -4.43. The maximum atomic E-state index is 14.9. The number of quaternary nitrogens is 1. The number of carbonyl (C=O) groups excluding carboxylic acids is 4. The van der Waals surface area contributed by atoms with E-state index < -0.39 is 95.8 Å². The molecule has 1 aliphatic heterocycles. The van der Waals surface area contributed by atoms with Crippen LogP contribution in [0.3, 0.4) is 0 Å². The minimum Gasteiger partial charge on any atom is -0.748 e. The molecule has 376 valence electrons. The molecule has 1 fully saturated rings. The molecule has 0 bridgehead atoms. The Bertz CT molecular complexity index is 1620. The first kappa shape index (κ1) is 60.4. The zero-order valence-electron chi connectivity index (χ0n) is 42.7. The quantitative estimate of drug-likeness (QED) is 0.0321. The Morgan fingerprint density at radius 2 is 0.938 bits per heavy atom. The van der Waals surface area contributed by atoms with Crippen molar-refractivity contribution in [2.45, 2.75) is 241 Å². The minimum absolute atomic E-state index is 0.163. The van der Waals surface area contributed by atoms with Gasteiger partial charge in [0.1, 0.15) is 12.2 Å². The van der Waals surface area contributed by atoms with Gasteiger partial charge in [-0.25, -0.2) is 8.42 Å². The molecule has 0 aromatic heterocycles. The van der Waals surface area contributed by atoms with Gasteiger partial charge in [0.2, 0.25) is 5.60 Å². The molecule has 1 rings (SSSR count). The number of aliphatic hydroxyl groups excluding tert-OH is 1. The van der Waals surface area contributed by atoms with Gasteiger partial charge in [0, 0.05) is 33.8 Å². The molecular weight excluding hydrogens is 839 g/mol. The number of ether oxygens (including phenoxy) is 1. The largest absolute Gasteiger partial charge is 0.748 e. The second-order valence-electron chi connectivity index (χ2n) is 23.6.